The minimum Gasteiger partial charge on any atom is -0.444 e. The van der Waals surface area contributed by atoms with Gasteiger partial charge in [0.25, 0.3) is 0 Å². The molecule has 216 valence electrons. The second-order valence-electron chi connectivity index (χ2n) is 13.0. The number of aliphatic imine (C=N–C) groups is 1. The summed E-state index contributed by atoms with van der Waals surface area (Å²) in [5, 5.41) is 5.13. The van der Waals surface area contributed by atoms with Crippen LogP contribution in [0.15, 0.2) is 4.99 Å². The normalized spacial score (nSPS) is 13.4. The second kappa shape index (κ2) is 14.9. The number of ether oxygens (including phenoxy) is 2. The van der Waals surface area contributed by atoms with Crippen molar-refractivity contribution in [2.24, 2.45) is 4.99 Å². The van der Waals surface area contributed by atoms with Crippen molar-refractivity contribution < 1.29 is 28.3 Å². The van der Waals surface area contributed by atoms with E-state index in [0.717, 1.165) is 12.8 Å². The number of hydrogen-bond acceptors (Lipinski definition) is 7. The summed E-state index contributed by atoms with van der Waals surface area (Å²) in [7, 11) is -1.85. The summed E-state index contributed by atoms with van der Waals surface area (Å²) in [4.78, 5) is 42.1. The predicted octanol–water partition coefficient (Wildman–Crippen LogP) is 6.71. The van der Waals surface area contributed by atoms with E-state index in [1.54, 1.807) is 41.5 Å². The Morgan fingerprint density at radius 2 is 1.32 bits per heavy atom. The van der Waals surface area contributed by atoms with E-state index in [0.29, 0.717) is 25.9 Å². The molecule has 0 aromatic carbocycles. The van der Waals surface area contributed by atoms with E-state index < -0.39 is 37.7 Å². The highest BCUT2D eigenvalue weighted by molar-refractivity contribution is 6.74. The Bertz CT molecular complexity index is 744. The molecule has 0 radical (unpaired) electrons. The van der Waals surface area contributed by atoms with Gasteiger partial charge in [-0.25, -0.2) is 14.6 Å². The van der Waals surface area contributed by atoms with Crippen LogP contribution in [0, 0.1) is 0 Å². The molecule has 1 atom stereocenters. The lowest BCUT2D eigenvalue weighted by molar-refractivity contribution is -0.119. The van der Waals surface area contributed by atoms with Crippen LogP contribution < -0.4 is 10.6 Å². The van der Waals surface area contributed by atoms with E-state index in [4.69, 9.17) is 13.9 Å². The number of nitrogens with one attached hydrogen (secondary N) is 2. The maximum atomic E-state index is 12.8. The molecule has 37 heavy (non-hydrogen) atoms. The topological polar surface area (TPSA) is 115 Å². The van der Waals surface area contributed by atoms with Crippen molar-refractivity contribution in [2.45, 2.75) is 143 Å². The van der Waals surface area contributed by atoms with Crippen molar-refractivity contribution in [1.82, 2.24) is 10.6 Å². The zero-order chi connectivity index (χ0) is 29.1. The zero-order valence-electron chi connectivity index (χ0n) is 25.4. The van der Waals surface area contributed by atoms with Gasteiger partial charge < -0.3 is 13.9 Å². The lowest BCUT2D eigenvalue weighted by atomic mass is 10.0. The molecular formula is C27H53N3O6Si. The smallest absolute Gasteiger partial charge is 0.414 e. The van der Waals surface area contributed by atoms with Crippen molar-refractivity contribution in [3.63, 3.8) is 0 Å². The molecule has 9 nitrogen and oxygen atoms in total. The Morgan fingerprint density at radius 3 is 1.73 bits per heavy atom. The molecule has 0 aliphatic heterocycles. The van der Waals surface area contributed by atoms with E-state index in [9.17, 15) is 14.4 Å². The molecule has 0 unspecified atom stereocenters. The Hall–Kier alpha value is -1.94. The van der Waals surface area contributed by atoms with Crippen molar-refractivity contribution >= 4 is 32.2 Å². The van der Waals surface area contributed by atoms with Gasteiger partial charge in [-0.05, 0) is 72.5 Å². The van der Waals surface area contributed by atoms with Crippen LogP contribution in [-0.4, -0.2) is 56.1 Å². The maximum absolute atomic E-state index is 12.8. The van der Waals surface area contributed by atoms with Gasteiger partial charge in [0, 0.05) is 19.4 Å². The third-order valence-corrected chi connectivity index (χ3v) is 10.3. The quantitative estimate of drug-likeness (QED) is 0.129. The number of Topliss-reactive ketones (excluding diaryl/α,β-unsaturated/α-hetero) is 1. The van der Waals surface area contributed by atoms with Crippen molar-refractivity contribution in [3.05, 3.63) is 0 Å². The van der Waals surface area contributed by atoms with Crippen LogP contribution in [0.5, 0.6) is 0 Å². The summed E-state index contributed by atoms with van der Waals surface area (Å²) in [5.74, 6) is -0.0313. The summed E-state index contributed by atoms with van der Waals surface area (Å²) in [5.41, 5.74) is -1.46. The van der Waals surface area contributed by atoms with Gasteiger partial charge in [0.2, 0.25) is 5.96 Å². The molecule has 0 heterocycles. The first-order valence-corrected chi connectivity index (χ1v) is 16.3. The lowest BCUT2D eigenvalue weighted by Gasteiger charge is -2.36. The molecule has 0 saturated carbocycles. The highest BCUT2D eigenvalue weighted by Crippen LogP contribution is 2.36. The van der Waals surface area contributed by atoms with E-state index in [1.165, 1.54) is 0 Å². The third kappa shape index (κ3) is 17.2. The lowest BCUT2D eigenvalue weighted by Crippen LogP contribution is -2.47. The Labute approximate surface area is 226 Å². The maximum Gasteiger partial charge on any atom is 0.414 e. The van der Waals surface area contributed by atoms with Crippen LogP contribution in [0.1, 0.15) is 108 Å². The number of alkyl carbamates (subject to hydrolysis) is 2. The molecule has 0 aliphatic carbocycles. The van der Waals surface area contributed by atoms with Gasteiger partial charge in [0.1, 0.15) is 17.0 Å². The number of nitrogens with zero attached hydrogens (tertiary/aromatic N) is 1. The molecule has 0 spiro atoms. The largest absolute Gasteiger partial charge is 0.444 e. The SMILES string of the molecule is CCCC[C@H](CC(=O)CCCO[Si](C)(C)C(C)(C)C)N=C(NC(=O)OC(C)(C)C)NC(=O)OC(C)(C)C. The van der Waals surface area contributed by atoms with Crippen LogP contribution in [0.3, 0.4) is 0 Å². The fraction of sp³-hybridized carbons (Fsp3) is 0.852. The number of carbonyl (C=O) groups excluding carboxylic acids is 3. The Kier molecular flexibility index (Phi) is 14.1. The fourth-order valence-corrected chi connectivity index (χ4v) is 4.00. The van der Waals surface area contributed by atoms with Gasteiger partial charge in [0.15, 0.2) is 8.32 Å². The number of unbranched alkanes of at least 4 members (excludes halogenated alkanes) is 1. The Morgan fingerprint density at radius 1 is 0.838 bits per heavy atom. The van der Waals surface area contributed by atoms with E-state index >= 15 is 0 Å². The summed E-state index contributed by atoms with van der Waals surface area (Å²) >= 11 is 0. The molecule has 0 aromatic heterocycles. The van der Waals surface area contributed by atoms with Crippen molar-refractivity contribution in [3.8, 4) is 0 Å². The second-order valence-corrected chi connectivity index (χ2v) is 17.8. The predicted molar refractivity (Wildman–Crippen MR) is 151 cm³/mol. The van der Waals surface area contributed by atoms with E-state index in [2.05, 4.69) is 56.4 Å². The van der Waals surface area contributed by atoms with Crippen LogP contribution >= 0.6 is 0 Å². The molecular weight excluding hydrogens is 490 g/mol. The number of hydrogen-bond donors (Lipinski definition) is 2. The molecule has 0 rings (SSSR count). The van der Waals surface area contributed by atoms with E-state index in [1.807, 2.05) is 0 Å². The summed E-state index contributed by atoms with van der Waals surface area (Å²) in [6.45, 7) is 24.0. The monoisotopic (exact) mass is 543 g/mol. The molecule has 0 bridgehead atoms. The Balaban J connectivity index is 5.44. The highest BCUT2D eigenvalue weighted by atomic mass is 28.4. The standard InChI is InChI=1S/C27H53N3O6Si/c1-13-14-16-20(19-21(31)17-15-18-34-37(11,12)27(8,9)10)28-22(29-23(32)35-25(2,3)4)30-24(33)36-26(5,6)7/h20H,13-19H2,1-12H3,(H2,28,29,30,32,33)/t20-/m1/s1. The van der Waals surface area contributed by atoms with Crippen LogP contribution in [0.4, 0.5) is 9.59 Å². The van der Waals surface area contributed by atoms with Crippen LogP contribution in [0.25, 0.3) is 0 Å². The van der Waals surface area contributed by atoms with E-state index in [-0.39, 0.29) is 23.2 Å². The molecule has 2 N–H and O–H groups in total. The number of guanidine groups is 1. The first kappa shape index (κ1) is 35.1. The van der Waals surface area contributed by atoms with Gasteiger partial charge in [-0.3, -0.25) is 15.4 Å². The van der Waals surface area contributed by atoms with Gasteiger partial charge >= 0.3 is 12.2 Å². The molecule has 0 aromatic rings. The van der Waals surface area contributed by atoms with Crippen molar-refractivity contribution in [1.29, 1.82) is 0 Å². The summed E-state index contributed by atoms with van der Waals surface area (Å²) in [6, 6.07) is -0.409. The first-order valence-electron chi connectivity index (χ1n) is 13.4. The molecule has 0 fully saturated rings. The van der Waals surface area contributed by atoms with Gasteiger partial charge in [-0.2, -0.15) is 0 Å². The molecule has 10 heteroatoms. The number of carbonyl (C=O) groups is 3. The summed E-state index contributed by atoms with van der Waals surface area (Å²) < 4.78 is 16.8. The number of rotatable bonds is 11. The van der Waals surface area contributed by atoms with Gasteiger partial charge in [-0.1, -0.05) is 40.5 Å². The minimum absolute atomic E-state index is 0.0672. The minimum atomic E-state index is -1.85. The average Bonchev–Trinajstić information content (AvgIpc) is 2.65. The van der Waals surface area contributed by atoms with Gasteiger partial charge in [-0.15, -0.1) is 0 Å². The fourth-order valence-electron chi connectivity index (χ4n) is 2.91. The first-order chi connectivity index (χ1) is 16.6. The number of ketones is 1. The van der Waals surface area contributed by atoms with Gasteiger partial charge in [0.05, 0.1) is 6.04 Å². The average molecular weight is 544 g/mol. The van der Waals surface area contributed by atoms with Crippen molar-refractivity contribution in [2.75, 3.05) is 6.61 Å². The molecule has 0 saturated heterocycles. The third-order valence-electron chi connectivity index (χ3n) is 5.77. The number of amides is 2. The van der Waals surface area contributed by atoms with Crippen LogP contribution in [-0.2, 0) is 18.7 Å². The molecule has 2 amide bonds. The summed E-state index contributed by atoms with van der Waals surface area (Å²) in [6.07, 6.45) is 2.14. The highest BCUT2D eigenvalue weighted by Gasteiger charge is 2.36. The zero-order valence-corrected chi connectivity index (χ0v) is 26.4. The molecule has 0 aliphatic rings. The van der Waals surface area contributed by atoms with Crippen LogP contribution in [0.2, 0.25) is 18.1 Å².